The molecule has 5 heteroatoms. The first kappa shape index (κ1) is 15.0. The number of amides is 1. The van der Waals surface area contributed by atoms with Crippen molar-refractivity contribution in [3.63, 3.8) is 0 Å². The van der Waals surface area contributed by atoms with E-state index in [4.69, 9.17) is 0 Å². The van der Waals surface area contributed by atoms with Crippen LogP contribution >= 0.6 is 31.9 Å². The predicted octanol–water partition coefficient (Wildman–Crippen LogP) is 3.28. The molecule has 0 saturated carbocycles. The van der Waals surface area contributed by atoms with Crippen LogP contribution in [0, 0.1) is 5.92 Å². The fourth-order valence-electron chi connectivity index (χ4n) is 2.42. The van der Waals surface area contributed by atoms with Gasteiger partial charge in [0.05, 0.1) is 5.56 Å². The standard InChI is InChI=1S/C14H18Br2N2O/c1-18(9-10-3-2-6-17-8-10)14(19)12-5-4-11(15)7-13(12)16/h4-5,7,10,17H,2-3,6,8-9H2,1H3. The van der Waals surface area contributed by atoms with Crippen LogP contribution in [0.1, 0.15) is 23.2 Å². The highest BCUT2D eigenvalue weighted by molar-refractivity contribution is 9.11. The molecule has 1 aliphatic heterocycles. The lowest BCUT2D eigenvalue weighted by atomic mass is 9.99. The molecule has 1 saturated heterocycles. The zero-order valence-corrected chi connectivity index (χ0v) is 14.1. The maximum Gasteiger partial charge on any atom is 0.254 e. The summed E-state index contributed by atoms with van der Waals surface area (Å²) in [5.74, 6) is 0.641. The van der Waals surface area contributed by atoms with Crippen LogP contribution in [-0.2, 0) is 0 Å². The van der Waals surface area contributed by atoms with Gasteiger partial charge in [0.1, 0.15) is 0 Å². The number of benzene rings is 1. The van der Waals surface area contributed by atoms with Crippen molar-refractivity contribution in [2.45, 2.75) is 12.8 Å². The number of rotatable bonds is 3. The average Bonchev–Trinajstić information content (AvgIpc) is 2.39. The summed E-state index contributed by atoms with van der Waals surface area (Å²) in [7, 11) is 1.88. The Morgan fingerprint density at radius 3 is 2.89 bits per heavy atom. The molecular formula is C14H18Br2N2O. The summed E-state index contributed by atoms with van der Waals surface area (Å²) in [4.78, 5) is 14.2. The average molecular weight is 390 g/mol. The highest BCUT2D eigenvalue weighted by Gasteiger charge is 2.20. The molecule has 1 amide bonds. The Morgan fingerprint density at radius 2 is 2.26 bits per heavy atom. The first-order chi connectivity index (χ1) is 9.08. The second-order valence-electron chi connectivity index (χ2n) is 5.02. The third-order valence-corrected chi connectivity index (χ3v) is 4.59. The Bertz CT molecular complexity index is 459. The number of halogens is 2. The second kappa shape index (κ2) is 6.86. The van der Waals surface area contributed by atoms with Crippen molar-refractivity contribution in [3.05, 3.63) is 32.7 Å². The largest absolute Gasteiger partial charge is 0.341 e. The summed E-state index contributed by atoms with van der Waals surface area (Å²) in [6.45, 7) is 2.93. The van der Waals surface area contributed by atoms with Gasteiger partial charge in [-0.05, 0) is 66.0 Å². The quantitative estimate of drug-likeness (QED) is 0.860. The van der Waals surface area contributed by atoms with Gasteiger partial charge in [0.2, 0.25) is 0 Å². The van der Waals surface area contributed by atoms with Gasteiger partial charge in [-0.3, -0.25) is 4.79 Å². The van der Waals surface area contributed by atoms with E-state index in [1.165, 1.54) is 12.8 Å². The highest BCUT2D eigenvalue weighted by Crippen LogP contribution is 2.23. The smallest absolute Gasteiger partial charge is 0.254 e. The van der Waals surface area contributed by atoms with Gasteiger partial charge in [0.25, 0.3) is 5.91 Å². The number of hydrogen-bond donors (Lipinski definition) is 1. The zero-order valence-electron chi connectivity index (χ0n) is 11.0. The molecule has 3 nitrogen and oxygen atoms in total. The summed E-state index contributed by atoms with van der Waals surface area (Å²) >= 11 is 6.85. The van der Waals surface area contributed by atoms with Crippen LogP contribution in [0.2, 0.25) is 0 Å². The Hall–Kier alpha value is -0.390. The number of carbonyl (C=O) groups is 1. The maximum absolute atomic E-state index is 12.4. The Labute approximate surface area is 131 Å². The van der Waals surface area contributed by atoms with Crippen molar-refractivity contribution < 1.29 is 4.79 Å². The normalized spacial score (nSPS) is 19.2. The van der Waals surface area contributed by atoms with Gasteiger partial charge < -0.3 is 10.2 Å². The van der Waals surface area contributed by atoms with Gasteiger partial charge in [-0.1, -0.05) is 15.9 Å². The molecular weight excluding hydrogens is 372 g/mol. The number of hydrogen-bond acceptors (Lipinski definition) is 2. The maximum atomic E-state index is 12.4. The molecule has 1 aliphatic rings. The van der Waals surface area contributed by atoms with Crippen LogP contribution in [-0.4, -0.2) is 37.5 Å². The molecule has 1 N–H and O–H groups in total. The number of piperidine rings is 1. The minimum atomic E-state index is 0.0740. The van der Waals surface area contributed by atoms with E-state index < -0.39 is 0 Å². The molecule has 0 aromatic heterocycles. The monoisotopic (exact) mass is 388 g/mol. The third kappa shape index (κ3) is 4.04. The van der Waals surface area contributed by atoms with E-state index in [1.54, 1.807) is 0 Å². The Morgan fingerprint density at radius 1 is 1.47 bits per heavy atom. The Balaban J connectivity index is 2.01. The fourth-order valence-corrected chi connectivity index (χ4v) is 3.64. The molecule has 1 unspecified atom stereocenters. The van der Waals surface area contributed by atoms with Crippen LogP contribution in [0.5, 0.6) is 0 Å². The van der Waals surface area contributed by atoms with Gasteiger partial charge in [-0.15, -0.1) is 0 Å². The number of nitrogens with zero attached hydrogens (tertiary/aromatic N) is 1. The molecule has 19 heavy (non-hydrogen) atoms. The van der Waals surface area contributed by atoms with E-state index in [1.807, 2.05) is 30.1 Å². The summed E-state index contributed by atoms with van der Waals surface area (Å²) in [6, 6.07) is 5.66. The molecule has 1 atom stereocenters. The molecule has 1 heterocycles. The van der Waals surface area contributed by atoms with Crippen molar-refractivity contribution in [1.29, 1.82) is 0 Å². The topological polar surface area (TPSA) is 32.3 Å². The van der Waals surface area contributed by atoms with Crippen LogP contribution in [0.25, 0.3) is 0 Å². The SMILES string of the molecule is CN(CC1CCCNC1)C(=O)c1ccc(Br)cc1Br. The van der Waals surface area contributed by atoms with Gasteiger partial charge >= 0.3 is 0 Å². The lowest BCUT2D eigenvalue weighted by Crippen LogP contribution is -2.39. The molecule has 0 radical (unpaired) electrons. The first-order valence-electron chi connectivity index (χ1n) is 6.49. The van der Waals surface area contributed by atoms with Crippen molar-refractivity contribution in [2.75, 3.05) is 26.7 Å². The Kier molecular flexibility index (Phi) is 5.42. The van der Waals surface area contributed by atoms with Gasteiger partial charge in [-0.25, -0.2) is 0 Å². The molecule has 0 bridgehead atoms. The fraction of sp³-hybridized carbons (Fsp3) is 0.500. The third-order valence-electron chi connectivity index (χ3n) is 3.44. The first-order valence-corrected chi connectivity index (χ1v) is 8.08. The minimum Gasteiger partial charge on any atom is -0.341 e. The summed E-state index contributed by atoms with van der Waals surface area (Å²) < 4.78 is 1.80. The molecule has 104 valence electrons. The molecule has 1 aromatic rings. The van der Waals surface area contributed by atoms with Crippen molar-refractivity contribution in [1.82, 2.24) is 10.2 Å². The summed E-state index contributed by atoms with van der Waals surface area (Å²) in [6.07, 6.45) is 2.40. The van der Waals surface area contributed by atoms with Gasteiger partial charge in [0.15, 0.2) is 0 Å². The molecule has 0 aliphatic carbocycles. The number of nitrogens with one attached hydrogen (secondary N) is 1. The lowest BCUT2D eigenvalue weighted by molar-refractivity contribution is 0.0764. The second-order valence-corrected chi connectivity index (χ2v) is 6.79. The van der Waals surface area contributed by atoms with E-state index in [-0.39, 0.29) is 5.91 Å². The molecule has 2 rings (SSSR count). The molecule has 1 fully saturated rings. The minimum absolute atomic E-state index is 0.0740. The van der Waals surface area contributed by atoms with E-state index in [0.29, 0.717) is 5.92 Å². The molecule has 0 spiro atoms. The van der Waals surface area contributed by atoms with Crippen molar-refractivity contribution in [3.8, 4) is 0 Å². The zero-order chi connectivity index (χ0) is 13.8. The van der Waals surface area contributed by atoms with Crippen LogP contribution in [0.3, 0.4) is 0 Å². The van der Waals surface area contributed by atoms with E-state index >= 15 is 0 Å². The van der Waals surface area contributed by atoms with Crippen molar-refractivity contribution >= 4 is 37.8 Å². The predicted molar refractivity (Wildman–Crippen MR) is 84.4 cm³/mol. The lowest BCUT2D eigenvalue weighted by Gasteiger charge is -2.28. The van der Waals surface area contributed by atoms with Crippen LogP contribution < -0.4 is 5.32 Å². The van der Waals surface area contributed by atoms with E-state index in [0.717, 1.165) is 34.1 Å². The molecule has 1 aromatic carbocycles. The van der Waals surface area contributed by atoms with E-state index in [2.05, 4.69) is 37.2 Å². The van der Waals surface area contributed by atoms with Crippen LogP contribution in [0.4, 0.5) is 0 Å². The summed E-state index contributed by atoms with van der Waals surface area (Å²) in [5, 5.41) is 3.38. The highest BCUT2D eigenvalue weighted by atomic mass is 79.9. The number of carbonyl (C=O) groups excluding carboxylic acids is 1. The van der Waals surface area contributed by atoms with Crippen molar-refractivity contribution in [2.24, 2.45) is 5.92 Å². The van der Waals surface area contributed by atoms with Gasteiger partial charge in [-0.2, -0.15) is 0 Å². The van der Waals surface area contributed by atoms with E-state index in [9.17, 15) is 4.79 Å². The summed E-state index contributed by atoms with van der Waals surface area (Å²) in [5.41, 5.74) is 0.717. The van der Waals surface area contributed by atoms with Crippen LogP contribution in [0.15, 0.2) is 27.1 Å². The van der Waals surface area contributed by atoms with Gasteiger partial charge in [0, 0.05) is 22.5 Å².